The summed E-state index contributed by atoms with van der Waals surface area (Å²) < 4.78 is 24.3. The SMILES string of the molecule is COCOc1c(/C=C/[N+](=O)[O-])cc2ccccc2c1F. The Hall–Kier alpha value is -2.47. The van der Waals surface area contributed by atoms with Crippen LogP contribution >= 0.6 is 0 Å². The summed E-state index contributed by atoms with van der Waals surface area (Å²) in [4.78, 5) is 9.79. The molecule has 0 amide bonds. The molecule has 0 heterocycles. The van der Waals surface area contributed by atoms with Crippen molar-refractivity contribution < 1.29 is 18.8 Å². The first-order chi connectivity index (χ1) is 9.63. The third-order valence-electron chi connectivity index (χ3n) is 2.67. The third-order valence-corrected chi connectivity index (χ3v) is 2.67. The van der Waals surface area contributed by atoms with Crippen LogP contribution in [0.15, 0.2) is 36.5 Å². The van der Waals surface area contributed by atoms with Gasteiger partial charge in [0.25, 0.3) is 0 Å². The first kappa shape index (κ1) is 14.0. The van der Waals surface area contributed by atoms with E-state index in [4.69, 9.17) is 9.47 Å². The van der Waals surface area contributed by atoms with Gasteiger partial charge in [-0.2, -0.15) is 0 Å². The van der Waals surface area contributed by atoms with E-state index in [1.807, 2.05) is 0 Å². The summed E-state index contributed by atoms with van der Waals surface area (Å²) >= 11 is 0. The van der Waals surface area contributed by atoms with Crippen LogP contribution in [-0.4, -0.2) is 18.8 Å². The minimum Gasteiger partial charge on any atom is -0.464 e. The van der Waals surface area contributed by atoms with Crippen molar-refractivity contribution in [1.29, 1.82) is 0 Å². The first-order valence-corrected chi connectivity index (χ1v) is 5.78. The Bertz CT molecular complexity index is 670. The zero-order chi connectivity index (χ0) is 14.5. The van der Waals surface area contributed by atoms with Crippen molar-refractivity contribution in [3.63, 3.8) is 0 Å². The van der Waals surface area contributed by atoms with Gasteiger partial charge in [0.1, 0.15) is 0 Å². The lowest BCUT2D eigenvalue weighted by Gasteiger charge is -2.11. The van der Waals surface area contributed by atoms with E-state index in [9.17, 15) is 14.5 Å². The minimum absolute atomic E-state index is 0.0661. The summed E-state index contributed by atoms with van der Waals surface area (Å²) in [5.41, 5.74) is 0.287. The minimum atomic E-state index is -0.618. The van der Waals surface area contributed by atoms with Gasteiger partial charge < -0.3 is 9.47 Å². The number of hydrogen-bond acceptors (Lipinski definition) is 4. The molecule has 0 bridgehead atoms. The summed E-state index contributed by atoms with van der Waals surface area (Å²) in [5, 5.41) is 11.4. The monoisotopic (exact) mass is 277 g/mol. The molecular weight excluding hydrogens is 265 g/mol. The summed E-state index contributed by atoms with van der Waals surface area (Å²) in [5.74, 6) is -0.633. The van der Waals surface area contributed by atoms with Crippen LogP contribution in [0, 0.1) is 15.9 Å². The van der Waals surface area contributed by atoms with Crippen LogP contribution in [0.3, 0.4) is 0 Å². The molecule has 0 aromatic heterocycles. The molecule has 0 atom stereocenters. The molecule has 0 unspecified atom stereocenters. The number of benzene rings is 2. The van der Waals surface area contributed by atoms with Gasteiger partial charge in [-0.05, 0) is 11.5 Å². The van der Waals surface area contributed by atoms with Crippen LogP contribution in [0.2, 0.25) is 0 Å². The standard InChI is InChI=1S/C14H12FNO4/c1-19-9-20-14-11(6-7-16(17)18)8-10-4-2-3-5-12(10)13(14)15/h2-8H,9H2,1H3/b7-6+. The van der Waals surface area contributed by atoms with Crippen molar-refractivity contribution >= 4 is 16.8 Å². The van der Waals surface area contributed by atoms with E-state index in [0.29, 0.717) is 10.8 Å². The van der Waals surface area contributed by atoms with E-state index in [0.717, 1.165) is 6.20 Å². The van der Waals surface area contributed by atoms with Crippen molar-refractivity contribution in [2.24, 2.45) is 0 Å². The molecule has 2 rings (SSSR count). The average Bonchev–Trinajstić information content (AvgIpc) is 2.44. The average molecular weight is 277 g/mol. The Labute approximate surface area is 114 Å². The molecule has 0 aliphatic carbocycles. The van der Waals surface area contributed by atoms with E-state index in [1.54, 1.807) is 30.3 Å². The van der Waals surface area contributed by atoms with Crippen molar-refractivity contribution in [3.05, 3.63) is 58.0 Å². The number of rotatable bonds is 5. The van der Waals surface area contributed by atoms with Crippen molar-refractivity contribution in [3.8, 4) is 5.75 Å². The Morgan fingerprint density at radius 2 is 2.15 bits per heavy atom. The van der Waals surface area contributed by atoms with E-state index >= 15 is 0 Å². The number of methoxy groups -OCH3 is 1. The van der Waals surface area contributed by atoms with E-state index in [-0.39, 0.29) is 18.1 Å². The van der Waals surface area contributed by atoms with Crippen LogP contribution in [0.25, 0.3) is 16.8 Å². The third kappa shape index (κ3) is 2.92. The second-order valence-electron chi connectivity index (χ2n) is 3.98. The molecule has 0 saturated heterocycles. The Balaban J connectivity index is 2.59. The topological polar surface area (TPSA) is 61.6 Å². The molecule has 0 aliphatic heterocycles. The lowest BCUT2D eigenvalue weighted by atomic mass is 10.0. The number of nitrogens with zero attached hydrogens (tertiary/aromatic N) is 1. The molecule has 104 valence electrons. The van der Waals surface area contributed by atoms with E-state index < -0.39 is 10.7 Å². The van der Waals surface area contributed by atoms with Gasteiger partial charge in [0.05, 0.1) is 4.92 Å². The van der Waals surface area contributed by atoms with Crippen LogP contribution in [0.4, 0.5) is 4.39 Å². The lowest BCUT2D eigenvalue weighted by molar-refractivity contribution is -0.400. The number of hydrogen-bond donors (Lipinski definition) is 0. The summed E-state index contributed by atoms with van der Waals surface area (Å²) in [7, 11) is 1.41. The van der Waals surface area contributed by atoms with E-state index in [2.05, 4.69) is 0 Å². The van der Waals surface area contributed by atoms with Crippen LogP contribution in [0.1, 0.15) is 5.56 Å². The predicted octanol–water partition coefficient (Wildman–Crippen LogP) is 3.21. The Morgan fingerprint density at radius 3 is 2.85 bits per heavy atom. The Morgan fingerprint density at radius 1 is 1.40 bits per heavy atom. The van der Waals surface area contributed by atoms with Gasteiger partial charge in [0.15, 0.2) is 18.4 Å². The molecule has 0 spiro atoms. The predicted molar refractivity (Wildman–Crippen MR) is 72.4 cm³/mol. The number of halogens is 1. The Kier molecular flexibility index (Phi) is 4.27. The maximum atomic E-state index is 14.4. The maximum Gasteiger partial charge on any atom is 0.235 e. The summed E-state index contributed by atoms with van der Waals surface area (Å²) in [6, 6.07) is 8.44. The highest BCUT2D eigenvalue weighted by Gasteiger charge is 2.14. The molecule has 5 nitrogen and oxygen atoms in total. The second-order valence-corrected chi connectivity index (χ2v) is 3.98. The smallest absolute Gasteiger partial charge is 0.235 e. The second kappa shape index (κ2) is 6.12. The van der Waals surface area contributed by atoms with Crippen molar-refractivity contribution in [2.45, 2.75) is 0 Å². The van der Waals surface area contributed by atoms with Gasteiger partial charge in [-0.3, -0.25) is 10.1 Å². The molecule has 6 heteroatoms. The van der Waals surface area contributed by atoms with Gasteiger partial charge >= 0.3 is 0 Å². The molecular formula is C14H12FNO4. The molecule has 0 saturated carbocycles. The highest BCUT2D eigenvalue weighted by atomic mass is 19.1. The van der Waals surface area contributed by atoms with Crippen LogP contribution < -0.4 is 4.74 Å². The van der Waals surface area contributed by atoms with Gasteiger partial charge in [0, 0.05) is 24.1 Å². The highest BCUT2D eigenvalue weighted by molar-refractivity contribution is 5.87. The molecule has 2 aromatic rings. The first-order valence-electron chi connectivity index (χ1n) is 5.78. The highest BCUT2D eigenvalue weighted by Crippen LogP contribution is 2.31. The zero-order valence-electron chi connectivity index (χ0n) is 10.7. The largest absolute Gasteiger partial charge is 0.464 e. The van der Waals surface area contributed by atoms with Gasteiger partial charge in [-0.15, -0.1) is 0 Å². The number of fused-ring (bicyclic) bond motifs is 1. The molecule has 2 aromatic carbocycles. The van der Waals surface area contributed by atoms with Crippen LogP contribution in [-0.2, 0) is 4.74 Å². The molecule has 0 fully saturated rings. The molecule has 0 aliphatic rings. The fraction of sp³-hybridized carbons (Fsp3) is 0.143. The van der Waals surface area contributed by atoms with Crippen molar-refractivity contribution in [2.75, 3.05) is 13.9 Å². The summed E-state index contributed by atoms with van der Waals surface area (Å²) in [6.07, 6.45) is 1.93. The number of nitro groups is 1. The zero-order valence-corrected chi connectivity index (χ0v) is 10.7. The molecule has 0 N–H and O–H groups in total. The van der Waals surface area contributed by atoms with E-state index in [1.165, 1.54) is 13.2 Å². The molecule has 20 heavy (non-hydrogen) atoms. The normalized spacial score (nSPS) is 11.1. The number of ether oxygens (including phenoxy) is 2. The lowest BCUT2D eigenvalue weighted by Crippen LogP contribution is -2.03. The molecule has 0 radical (unpaired) electrons. The van der Waals surface area contributed by atoms with Gasteiger partial charge in [-0.25, -0.2) is 4.39 Å². The van der Waals surface area contributed by atoms with Crippen LogP contribution in [0.5, 0.6) is 5.75 Å². The van der Waals surface area contributed by atoms with Crippen molar-refractivity contribution in [1.82, 2.24) is 0 Å². The van der Waals surface area contributed by atoms with Gasteiger partial charge in [0.2, 0.25) is 6.20 Å². The maximum absolute atomic E-state index is 14.4. The fourth-order valence-corrected chi connectivity index (χ4v) is 1.83. The summed E-state index contributed by atoms with van der Waals surface area (Å²) in [6.45, 7) is -0.144. The quantitative estimate of drug-likeness (QED) is 0.478. The fourth-order valence-electron chi connectivity index (χ4n) is 1.83. The van der Waals surface area contributed by atoms with Gasteiger partial charge in [-0.1, -0.05) is 24.3 Å².